The molecule has 1 unspecified atom stereocenters. The van der Waals surface area contributed by atoms with Crippen LogP contribution in [0.25, 0.3) is 0 Å². The summed E-state index contributed by atoms with van der Waals surface area (Å²) in [6.45, 7) is 7.34. The predicted octanol–water partition coefficient (Wildman–Crippen LogP) is 1.95. The molecule has 0 heterocycles. The van der Waals surface area contributed by atoms with E-state index in [1.807, 2.05) is 6.92 Å². The molecule has 0 aliphatic carbocycles. The van der Waals surface area contributed by atoms with Crippen molar-refractivity contribution in [1.29, 1.82) is 0 Å². The van der Waals surface area contributed by atoms with Crippen LogP contribution in [0.4, 0.5) is 0 Å². The Morgan fingerprint density at radius 2 is 2.06 bits per heavy atom. The molecule has 3 N–H and O–H groups in total. The number of nitrogens with two attached hydrogens (primary N) is 1. The standard InChI is InChI=1S/C15H24N2O/c1-4-7-17-15(18)14(10-16)9-13-6-5-11(2)12(3)8-13/h5-6,8,14H,4,7,9-10,16H2,1-3H3,(H,17,18). The summed E-state index contributed by atoms with van der Waals surface area (Å²) in [5.41, 5.74) is 9.42. The van der Waals surface area contributed by atoms with Gasteiger partial charge in [0.15, 0.2) is 0 Å². The first-order valence-electron chi connectivity index (χ1n) is 6.62. The number of hydrogen-bond acceptors (Lipinski definition) is 2. The Bertz CT molecular complexity index is 401. The van der Waals surface area contributed by atoms with Crippen molar-refractivity contribution in [2.75, 3.05) is 13.1 Å². The molecule has 0 bridgehead atoms. The lowest BCUT2D eigenvalue weighted by atomic mass is 9.96. The zero-order valence-electron chi connectivity index (χ0n) is 11.6. The summed E-state index contributed by atoms with van der Waals surface area (Å²) < 4.78 is 0. The fraction of sp³-hybridized carbons (Fsp3) is 0.533. The zero-order valence-corrected chi connectivity index (χ0v) is 11.6. The van der Waals surface area contributed by atoms with Crippen LogP contribution in [-0.4, -0.2) is 19.0 Å². The number of amides is 1. The van der Waals surface area contributed by atoms with Gasteiger partial charge in [0, 0.05) is 13.1 Å². The lowest BCUT2D eigenvalue weighted by Crippen LogP contribution is -2.36. The highest BCUT2D eigenvalue weighted by molar-refractivity contribution is 5.79. The first kappa shape index (κ1) is 14.7. The molecule has 0 spiro atoms. The molecule has 3 nitrogen and oxygen atoms in total. The highest BCUT2D eigenvalue weighted by Crippen LogP contribution is 2.13. The highest BCUT2D eigenvalue weighted by Gasteiger charge is 2.16. The highest BCUT2D eigenvalue weighted by atomic mass is 16.1. The summed E-state index contributed by atoms with van der Waals surface area (Å²) in [4.78, 5) is 11.9. The van der Waals surface area contributed by atoms with Crippen LogP contribution in [0, 0.1) is 19.8 Å². The van der Waals surface area contributed by atoms with E-state index in [0.29, 0.717) is 13.0 Å². The number of benzene rings is 1. The summed E-state index contributed by atoms with van der Waals surface area (Å²) in [6.07, 6.45) is 1.67. The lowest BCUT2D eigenvalue weighted by molar-refractivity contribution is -0.124. The van der Waals surface area contributed by atoms with Crippen molar-refractivity contribution in [1.82, 2.24) is 5.32 Å². The van der Waals surface area contributed by atoms with E-state index in [2.05, 4.69) is 37.4 Å². The number of rotatable bonds is 6. The minimum Gasteiger partial charge on any atom is -0.356 e. The van der Waals surface area contributed by atoms with Crippen molar-refractivity contribution >= 4 is 5.91 Å². The Kier molecular flexibility index (Phi) is 5.86. The average molecular weight is 248 g/mol. The number of carbonyl (C=O) groups is 1. The maximum Gasteiger partial charge on any atom is 0.224 e. The molecule has 1 aromatic rings. The molecule has 0 radical (unpaired) electrons. The van der Waals surface area contributed by atoms with Crippen molar-refractivity contribution in [3.05, 3.63) is 34.9 Å². The van der Waals surface area contributed by atoms with E-state index in [1.54, 1.807) is 0 Å². The lowest BCUT2D eigenvalue weighted by Gasteiger charge is -2.15. The van der Waals surface area contributed by atoms with E-state index in [1.165, 1.54) is 16.7 Å². The van der Waals surface area contributed by atoms with E-state index in [0.717, 1.165) is 13.0 Å². The van der Waals surface area contributed by atoms with Crippen LogP contribution in [0.1, 0.15) is 30.0 Å². The normalized spacial score (nSPS) is 12.2. The van der Waals surface area contributed by atoms with Gasteiger partial charge in [0.05, 0.1) is 5.92 Å². The maximum absolute atomic E-state index is 11.9. The molecule has 1 amide bonds. The number of aryl methyl sites for hydroxylation is 2. The van der Waals surface area contributed by atoms with Crippen LogP contribution in [0.3, 0.4) is 0 Å². The molecule has 0 saturated carbocycles. The van der Waals surface area contributed by atoms with Gasteiger partial charge in [0.2, 0.25) is 5.91 Å². The van der Waals surface area contributed by atoms with Crippen molar-refractivity contribution in [2.24, 2.45) is 11.7 Å². The summed E-state index contributed by atoms with van der Waals surface area (Å²) in [6, 6.07) is 6.32. The van der Waals surface area contributed by atoms with Gasteiger partial charge in [0.1, 0.15) is 0 Å². The molecule has 0 saturated heterocycles. The largest absolute Gasteiger partial charge is 0.356 e. The molecule has 0 fully saturated rings. The number of hydrogen-bond donors (Lipinski definition) is 2. The molecular formula is C15H24N2O. The quantitative estimate of drug-likeness (QED) is 0.808. The fourth-order valence-electron chi connectivity index (χ4n) is 1.89. The third-order valence-electron chi connectivity index (χ3n) is 3.26. The van der Waals surface area contributed by atoms with E-state index >= 15 is 0 Å². The molecule has 0 aromatic heterocycles. The summed E-state index contributed by atoms with van der Waals surface area (Å²) in [5, 5.41) is 2.91. The third-order valence-corrected chi connectivity index (χ3v) is 3.26. The van der Waals surface area contributed by atoms with Crippen molar-refractivity contribution < 1.29 is 4.79 Å². The summed E-state index contributed by atoms with van der Waals surface area (Å²) >= 11 is 0. The number of carbonyl (C=O) groups excluding carboxylic acids is 1. The zero-order chi connectivity index (χ0) is 13.5. The van der Waals surface area contributed by atoms with Crippen LogP contribution in [0.2, 0.25) is 0 Å². The van der Waals surface area contributed by atoms with Crippen molar-refractivity contribution in [3.63, 3.8) is 0 Å². The first-order chi connectivity index (χ1) is 8.58. The third kappa shape index (κ3) is 4.15. The SMILES string of the molecule is CCCNC(=O)C(CN)Cc1ccc(C)c(C)c1. The first-order valence-corrected chi connectivity index (χ1v) is 6.62. The van der Waals surface area contributed by atoms with E-state index in [-0.39, 0.29) is 11.8 Å². The molecule has 1 atom stereocenters. The average Bonchev–Trinajstić information content (AvgIpc) is 2.37. The number of nitrogens with one attached hydrogen (secondary N) is 1. The second-order valence-electron chi connectivity index (χ2n) is 4.85. The van der Waals surface area contributed by atoms with Gasteiger partial charge in [0.25, 0.3) is 0 Å². The monoisotopic (exact) mass is 248 g/mol. The topological polar surface area (TPSA) is 55.1 Å². The minimum atomic E-state index is -0.126. The maximum atomic E-state index is 11.9. The van der Waals surface area contributed by atoms with Crippen LogP contribution in [0.5, 0.6) is 0 Å². The smallest absolute Gasteiger partial charge is 0.224 e. The van der Waals surface area contributed by atoms with Gasteiger partial charge in [-0.05, 0) is 43.4 Å². The van der Waals surface area contributed by atoms with Crippen molar-refractivity contribution in [3.8, 4) is 0 Å². The molecule has 3 heteroatoms. The van der Waals surface area contributed by atoms with Gasteiger partial charge in [-0.1, -0.05) is 25.1 Å². The second kappa shape index (κ2) is 7.17. The molecule has 100 valence electrons. The molecule has 1 aromatic carbocycles. The van der Waals surface area contributed by atoms with Crippen LogP contribution in [0.15, 0.2) is 18.2 Å². The Morgan fingerprint density at radius 1 is 1.33 bits per heavy atom. The van der Waals surface area contributed by atoms with E-state index in [4.69, 9.17) is 5.73 Å². The van der Waals surface area contributed by atoms with Gasteiger partial charge in [-0.25, -0.2) is 0 Å². The predicted molar refractivity (Wildman–Crippen MR) is 75.5 cm³/mol. The molecular weight excluding hydrogens is 224 g/mol. The van der Waals surface area contributed by atoms with Gasteiger partial charge in [-0.2, -0.15) is 0 Å². The van der Waals surface area contributed by atoms with Crippen LogP contribution in [-0.2, 0) is 11.2 Å². The minimum absolute atomic E-state index is 0.0672. The van der Waals surface area contributed by atoms with E-state index < -0.39 is 0 Å². The van der Waals surface area contributed by atoms with Crippen molar-refractivity contribution in [2.45, 2.75) is 33.6 Å². The second-order valence-corrected chi connectivity index (χ2v) is 4.85. The van der Waals surface area contributed by atoms with Gasteiger partial charge < -0.3 is 11.1 Å². The molecule has 18 heavy (non-hydrogen) atoms. The van der Waals surface area contributed by atoms with E-state index in [9.17, 15) is 4.79 Å². The van der Waals surface area contributed by atoms with Crippen LogP contribution >= 0.6 is 0 Å². The van der Waals surface area contributed by atoms with Crippen LogP contribution < -0.4 is 11.1 Å². The molecule has 0 aliphatic rings. The molecule has 1 rings (SSSR count). The Hall–Kier alpha value is -1.35. The Balaban J connectivity index is 2.67. The Labute approximate surface area is 110 Å². The van der Waals surface area contributed by atoms with Gasteiger partial charge >= 0.3 is 0 Å². The van der Waals surface area contributed by atoms with Gasteiger partial charge in [-0.15, -0.1) is 0 Å². The molecule has 0 aliphatic heterocycles. The fourth-order valence-corrected chi connectivity index (χ4v) is 1.89. The van der Waals surface area contributed by atoms with Gasteiger partial charge in [-0.3, -0.25) is 4.79 Å². The summed E-state index contributed by atoms with van der Waals surface area (Å²) in [5.74, 6) is -0.0590. The Morgan fingerprint density at radius 3 is 2.61 bits per heavy atom. The summed E-state index contributed by atoms with van der Waals surface area (Å²) in [7, 11) is 0.